The first-order chi connectivity index (χ1) is 18.7. The first-order valence-corrected chi connectivity index (χ1v) is 14.2. The maximum Gasteiger partial charge on any atom is 0.422 e. The predicted molar refractivity (Wildman–Crippen MR) is 146 cm³/mol. The highest BCUT2D eigenvalue weighted by atomic mass is 32.2. The van der Waals surface area contributed by atoms with Crippen molar-refractivity contribution in [3.8, 4) is 0 Å². The van der Waals surface area contributed by atoms with Gasteiger partial charge in [0.25, 0.3) is 10.0 Å². The zero-order valence-corrected chi connectivity index (χ0v) is 23.9. The van der Waals surface area contributed by atoms with Gasteiger partial charge in [0, 0.05) is 22.0 Å². The number of sulfonamides is 1. The molecule has 7 nitrogen and oxygen atoms in total. The van der Waals surface area contributed by atoms with Crippen LogP contribution in [0, 0.1) is 0 Å². The number of benzene rings is 2. The molecule has 2 aromatic carbocycles. The molecule has 0 unspecified atom stereocenters. The Labute approximate surface area is 238 Å². The number of ether oxygens (including phenoxy) is 2. The first kappa shape index (κ1) is 33.9. The van der Waals surface area contributed by atoms with Crippen LogP contribution in [0.5, 0.6) is 0 Å². The molecule has 0 heterocycles. The summed E-state index contributed by atoms with van der Waals surface area (Å²) in [5.41, 5.74) is 6.45. The molecule has 41 heavy (non-hydrogen) atoms. The van der Waals surface area contributed by atoms with Crippen LogP contribution in [0.1, 0.15) is 26.3 Å². The van der Waals surface area contributed by atoms with E-state index in [1.165, 1.54) is 24.3 Å². The molecule has 226 valence electrons. The van der Waals surface area contributed by atoms with Gasteiger partial charge in [0.15, 0.2) is 19.1 Å². The smallest absolute Gasteiger partial charge is 0.422 e. The number of thioether (sulfide) groups is 1. The van der Waals surface area contributed by atoms with Crippen molar-refractivity contribution in [1.29, 1.82) is 0 Å². The van der Waals surface area contributed by atoms with E-state index in [-0.39, 0.29) is 21.8 Å². The van der Waals surface area contributed by atoms with Gasteiger partial charge in [-0.3, -0.25) is 4.72 Å². The van der Waals surface area contributed by atoms with E-state index in [2.05, 4.69) is 25.8 Å². The summed E-state index contributed by atoms with van der Waals surface area (Å²) < 4.78 is 111. The minimum atomic E-state index is -4.74. The van der Waals surface area contributed by atoms with Crippen molar-refractivity contribution < 1.29 is 44.2 Å². The summed E-state index contributed by atoms with van der Waals surface area (Å²) in [5.74, 6) is -1.55. The highest BCUT2D eigenvalue weighted by molar-refractivity contribution is 7.99. The molecule has 0 aliphatic rings. The summed E-state index contributed by atoms with van der Waals surface area (Å²) in [6.07, 6.45) is -8.87. The molecular weight excluding hydrogens is 596 g/mol. The lowest BCUT2D eigenvalue weighted by molar-refractivity contribution is -0.165. The van der Waals surface area contributed by atoms with E-state index in [1.54, 1.807) is 24.3 Å². The van der Waals surface area contributed by atoms with E-state index < -0.39 is 47.4 Å². The fourth-order valence-corrected chi connectivity index (χ4v) is 4.70. The van der Waals surface area contributed by atoms with Crippen molar-refractivity contribution >= 4 is 33.4 Å². The number of nitrogens with one attached hydrogen (secondary N) is 1. The number of nitrogens with two attached hydrogens (primary N) is 1. The molecule has 0 atom stereocenters. The molecular formula is C26H29F6N3O4S2. The third kappa shape index (κ3) is 12.8. The number of alkyl halides is 6. The van der Waals surface area contributed by atoms with Crippen molar-refractivity contribution in [1.82, 2.24) is 0 Å². The van der Waals surface area contributed by atoms with Gasteiger partial charge in [-0.2, -0.15) is 26.3 Å². The summed E-state index contributed by atoms with van der Waals surface area (Å²) in [4.78, 5) is 4.51. The van der Waals surface area contributed by atoms with Crippen molar-refractivity contribution in [3.63, 3.8) is 0 Å². The lowest BCUT2D eigenvalue weighted by Crippen LogP contribution is -2.22. The third-order valence-electron chi connectivity index (χ3n) is 4.86. The minimum Gasteiger partial charge on any atom is -0.470 e. The van der Waals surface area contributed by atoms with Gasteiger partial charge in [-0.05, 0) is 47.4 Å². The van der Waals surface area contributed by atoms with Crippen LogP contribution in [0.25, 0.3) is 0 Å². The maximum atomic E-state index is 12.7. The van der Waals surface area contributed by atoms with Crippen LogP contribution in [0.15, 0.2) is 87.5 Å². The van der Waals surface area contributed by atoms with Crippen molar-refractivity contribution in [3.05, 3.63) is 78.3 Å². The first-order valence-electron chi connectivity index (χ1n) is 11.7. The van der Waals surface area contributed by atoms with Gasteiger partial charge in [0.2, 0.25) is 5.90 Å². The van der Waals surface area contributed by atoms with Crippen molar-refractivity contribution in [2.24, 2.45) is 10.7 Å². The van der Waals surface area contributed by atoms with E-state index in [4.69, 9.17) is 5.73 Å². The molecule has 2 aromatic rings. The number of aliphatic imine (C=N–C) groups is 1. The van der Waals surface area contributed by atoms with Crippen LogP contribution in [-0.2, 0) is 24.9 Å². The Hall–Kier alpha value is -3.33. The van der Waals surface area contributed by atoms with Gasteiger partial charge in [0.05, 0.1) is 11.0 Å². The highest BCUT2D eigenvalue weighted by Gasteiger charge is 2.30. The summed E-state index contributed by atoms with van der Waals surface area (Å²) in [6.45, 7) is 6.13. The van der Waals surface area contributed by atoms with Crippen LogP contribution < -0.4 is 10.5 Å². The largest absolute Gasteiger partial charge is 0.470 e. The van der Waals surface area contributed by atoms with Crippen LogP contribution in [0.3, 0.4) is 0 Å². The summed E-state index contributed by atoms with van der Waals surface area (Å²) in [6, 6.07) is 12.8. The summed E-state index contributed by atoms with van der Waals surface area (Å²) in [5, 5.41) is 0. The molecule has 3 N–H and O–H groups in total. The van der Waals surface area contributed by atoms with E-state index in [1.807, 2.05) is 20.8 Å². The maximum absolute atomic E-state index is 12.7. The second kappa shape index (κ2) is 13.6. The summed E-state index contributed by atoms with van der Waals surface area (Å²) in [7, 11) is -3.84. The monoisotopic (exact) mass is 625 g/mol. The summed E-state index contributed by atoms with van der Waals surface area (Å²) >= 11 is 1.16. The third-order valence-corrected chi connectivity index (χ3v) is 7.34. The molecule has 0 bridgehead atoms. The van der Waals surface area contributed by atoms with E-state index in [0.29, 0.717) is 16.7 Å². The van der Waals surface area contributed by atoms with Crippen molar-refractivity contribution in [2.45, 2.75) is 48.3 Å². The molecule has 0 fully saturated rings. The Morgan fingerprint density at radius 1 is 0.951 bits per heavy atom. The zero-order valence-electron chi connectivity index (χ0n) is 22.3. The standard InChI is InChI=1S/C26H29F6N3O4S2/c1-17(34-23(39-16-26(30,31)32)13-22(33)38-15-25(27,28)29)14-40-20-9-7-19(8-10-20)35-41(36,37)21-11-5-18(6-12-21)24(2,3)4/h5-13,35H,1,14-16,33H2,2-4H3/b22-13+,34-23+. The second-order valence-electron chi connectivity index (χ2n) is 9.56. The molecule has 0 saturated heterocycles. The average molecular weight is 626 g/mol. The molecule has 0 aliphatic heterocycles. The second-order valence-corrected chi connectivity index (χ2v) is 12.3. The topological polar surface area (TPSA) is 103 Å². The molecule has 0 spiro atoms. The Morgan fingerprint density at radius 3 is 2.00 bits per heavy atom. The zero-order chi connectivity index (χ0) is 31.1. The average Bonchev–Trinajstić information content (AvgIpc) is 2.84. The molecule has 0 aliphatic carbocycles. The van der Waals surface area contributed by atoms with Gasteiger partial charge in [-0.25, -0.2) is 13.4 Å². The number of hydrogen-bond acceptors (Lipinski definition) is 7. The minimum absolute atomic E-state index is 0.00975. The van der Waals surface area contributed by atoms with Crippen LogP contribution in [0.4, 0.5) is 32.0 Å². The van der Waals surface area contributed by atoms with Gasteiger partial charge >= 0.3 is 12.4 Å². The van der Waals surface area contributed by atoms with E-state index in [9.17, 15) is 34.8 Å². The molecule has 0 aromatic heterocycles. The molecule has 0 radical (unpaired) electrons. The van der Waals surface area contributed by atoms with Gasteiger partial charge in [0.1, 0.15) is 0 Å². The molecule has 15 heteroatoms. The number of hydrogen-bond donors (Lipinski definition) is 2. The van der Waals surface area contributed by atoms with Gasteiger partial charge < -0.3 is 15.2 Å². The predicted octanol–water partition coefficient (Wildman–Crippen LogP) is 6.75. The highest BCUT2D eigenvalue weighted by Crippen LogP contribution is 2.26. The Morgan fingerprint density at radius 2 is 1.49 bits per heavy atom. The molecule has 2 rings (SSSR count). The molecule has 0 amide bonds. The Bertz CT molecular complexity index is 1350. The number of nitrogens with zero attached hydrogens (tertiary/aromatic N) is 1. The fourth-order valence-electron chi connectivity index (χ4n) is 2.91. The SMILES string of the molecule is C=C(CSc1ccc(NS(=O)(=O)c2ccc(C(C)(C)C)cc2)cc1)/N=C(\C=C(/N)OCC(F)(F)F)OCC(F)(F)F. The Kier molecular flexibility index (Phi) is 11.2. The quantitative estimate of drug-likeness (QED) is 0.0942. The number of halogens is 6. The van der Waals surface area contributed by atoms with Gasteiger partial charge in [-0.15, -0.1) is 11.8 Å². The number of rotatable bonds is 11. The van der Waals surface area contributed by atoms with Crippen molar-refractivity contribution in [2.75, 3.05) is 23.7 Å². The lowest BCUT2D eigenvalue weighted by Gasteiger charge is -2.19. The number of anilines is 1. The normalized spacial score (nSPS) is 13.6. The lowest BCUT2D eigenvalue weighted by atomic mass is 9.87. The van der Waals surface area contributed by atoms with E-state index >= 15 is 0 Å². The Balaban J connectivity index is 2.04. The van der Waals surface area contributed by atoms with Crippen LogP contribution in [-0.4, -0.2) is 45.6 Å². The van der Waals surface area contributed by atoms with Crippen LogP contribution in [0.2, 0.25) is 0 Å². The van der Waals surface area contributed by atoms with E-state index in [0.717, 1.165) is 17.3 Å². The van der Waals surface area contributed by atoms with Gasteiger partial charge in [-0.1, -0.05) is 39.5 Å². The fraction of sp³-hybridized carbons (Fsp3) is 0.346. The van der Waals surface area contributed by atoms with Crippen LogP contribution >= 0.6 is 11.8 Å². The molecule has 0 saturated carbocycles.